The molecule has 176 valence electrons. The summed E-state index contributed by atoms with van der Waals surface area (Å²) in [5.41, 5.74) is 2.04. The molecule has 1 aliphatic heterocycles. The standard InChI is InChI=1S/C20H19N3O7S2.ClH/c1-30-19(24)3-2-4-21-9-15(5-13-7-17(22(26)27)31-11-13)20(25)16(10-21)6-14-8-18(23(28)29)32-12-14;/h5-8,11-12H,2-4,9-10H2,1H3;1H. The summed E-state index contributed by atoms with van der Waals surface area (Å²) in [6, 6.07) is 2.82. The minimum atomic E-state index is -0.483. The average molecular weight is 514 g/mol. The van der Waals surface area contributed by atoms with Crippen LogP contribution in [0.5, 0.6) is 0 Å². The van der Waals surface area contributed by atoms with E-state index in [9.17, 15) is 29.8 Å². The number of nitro groups is 2. The van der Waals surface area contributed by atoms with E-state index in [1.807, 2.05) is 4.90 Å². The summed E-state index contributed by atoms with van der Waals surface area (Å²) in [7, 11) is 1.32. The number of carbonyl (C=O) groups excluding carboxylic acids is 2. The van der Waals surface area contributed by atoms with Crippen molar-refractivity contribution in [1.82, 2.24) is 4.90 Å². The highest BCUT2D eigenvalue weighted by molar-refractivity contribution is 7.13. The van der Waals surface area contributed by atoms with Crippen LogP contribution in [0.2, 0.25) is 0 Å². The topological polar surface area (TPSA) is 133 Å². The first-order valence-electron chi connectivity index (χ1n) is 9.47. The van der Waals surface area contributed by atoms with E-state index in [0.717, 1.165) is 22.7 Å². The highest BCUT2D eigenvalue weighted by Gasteiger charge is 2.27. The predicted molar refractivity (Wildman–Crippen MR) is 128 cm³/mol. The molecule has 2 aromatic rings. The maximum atomic E-state index is 13.1. The number of rotatable bonds is 8. The molecule has 33 heavy (non-hydrogen) atoms. The minimum Gasteiger partial charge on any atom is -0.469 e. The lowest BCUT2D eigenvalue weighted by Gasteiger charge is -2.29. The van der Waals surface area contributed by atoms with Gasteiger partial charge in [0.2, 0.25) is 0 Å². The van der Waals surface area contributed by atoms with Crippen LogP contribution in [0, 0.1) is 20.2 Å². The second-order valence-corrected chi connectivity index (χ2v) is 8.79. The van der Waals surface area contributed by atoms with Gasteiger partial charge >= 0.3 is 16.0 Å². The molecule has 0 aliphatic carbocycles. The van der Waals surface area contributed by atoms with Crippen molar-refractivity contribution in [1.29, 1.82) is 0 Å². The number of hydrogen-bond acceptors (Lipinski definition) is 10. The van der Waals surface area contributed by atoms with E-state index < -0.39 is 9.85 Å². The SMILES string of the molecule is COC(=O)CCCN1CC(=Cc2csc([N+](=O)[O-])c2)C(=O)C(=Cc2csc([N+](=O)[O-])c2)C1.Cl. The van der Waals surface area contributed by atoms with Crippen LogP contribution in [-0.4, -0.2) is 53.2 Å². The van der Waals surface area contributed by atoms with Crippen molar-refractivity contribution in [3.05, 3.63) is 65.4 Å². The number of halogens is 1. The number of piperidine rings is 1. The summed E-state index contributed by atoms with van der Waals surface area (Å²) < 4.78 is 4.66. The van der Waals surface area contributed by atoms with Gasteiger partial charge in [0, 0.05) is 53.5 Å². The van der Waals surface area contributed by atoms with Gasteiger partial charge < -0.3 is 4.74 Å². The van der Waals surface area contributed by atoms with Crippen molar-refractivity contribution in [3.8, 4) is 0 Å². The largest absolute Gasteiger partial charge is 0.469 e. The smallest absolute Gasteiger partial charge is 0.324 e. The summed E-state index contributed by atoms with van der Waals surface area (Å²) in [5.74, 6) is -0.530. The number of methoxy groups -OCH3 is 1. The molecule has 0 radical (unpaired) electrons. The number of nitrogens with zero attached hydrogens (tertiary/aromatic N) is 3. The Morgan fingerprint density at radius 1 is 1.06 bits per heavy atom. The van der Waals surface area contributed by atoms with Crippen molar-refractivity contribution in [2.24, 2.45) is 0 Å². The molecule has 0 bridgehead atoms. The zero-order chi connectivity index (χ0) is 23.3. The van der Waals surface area contributed by atoms with E-state index >= 15 is 0 Å². The third-order valence-corrected chi connectivity index (χ3v) is 6.50. The van der Waals surface area contributed by atoms with Gasteiger partial charge in [0.1, 0.15) is 0 Å². The van der Waals surface area contributed by atoms with Crippen LogP contribution < -0.4 is 0 Å². The van der Waals surface area contributed by atoms with Gasteiger partial charge in [0.15, 0.2) is 5.78 Å². The Hall–Kier alpha value is -2.93. The summed E-state index contributed by atoms with van der Waals surface area (Å²) >= 11 is 1.96. The number of Topliss-reactive ketones (excluding diaryl/α,β-unsaturated/α-hetero) is 1. The molecule has 0 N–H and O–H groups in total. The van der Waals surface area contributed by atoms with Crippen molar-refractivity contribution in [3.63, 3.8) is 0 Å². The summed E-state index contributed by atoms with van der Waals surface area (Å²) in [5, 5.41) is 25.1. The second kappa shape index (κ2) is 11.8. The maximum Gasteiger partial charge on any atom is 0.324 e. The van der Waals surface area contributed by atoms with Gasteiger partial charge in [0.05, 0.1) is 17.0 Å². The molecule has 1 saturated heterocycles. The number of thiophene rings is 2. The summed E-state index contributed by atoms with van der Waals surface area (Å²) in [4.78, 5) is 47.4. The Morgan fingerprint density at radius 2 is 1.55 bits per heavy atom. The molecule has 0 spiro atoms. The summed E-state index contributed by atoms with van der Waals surface area (Å²) in [6.07, 6.45) is 4.03. The lowest BCUT2D eigenvalue weighted by Crippen LogP contribution is -2.38. The Morgan fingerprint density at radius 3 is 1.94 bits per heavy atom. The van der Waals surface area contributed by atoms with Crippen LogP contribution in [0.4, 0.5) is 10.0 Å². The Kier molecular flexibility index (Phi) is 9.41. The molecule has 0 saturated carbocycles. The highest BCUT2D eigenvalue weighted by Crippen LogP contribution is 2.29. The Bertz CT molecular complexity index is 1050. The van der Waals surface area contributed by atoms with E-state index in [-0.39, 0.29) is 40.6 Å². The van der Waals surface area contributed by atoms with Crippen LogP contribution in [-0.2, 0) is 14.3 Å². The first kappa shape index (κ1) is 26.3. The normalized spacial score (nSPS) is 16.6. The Balaban J connectivity index is 0.00000385. The third-order valence-electron chi connectivity index (χ3n) is 4.71. The van der Waals surface area contributed by atoms with E-state index in [1.165, 1.54) is 19.2 Å². The lowest BCUT2D eigenvalue weighted by molar-refractivity contribution is -0.380. The number of ether oxygens (including phenoxy) is 1. The molecule has 1 aliphatic rings. The number of ketones is 1. The van der Waals surface area contributed by atoms with Crippen LogP contribution in [0.3, 0.4) is 0 Å². The van der Waals surface area contributed by atoms with Gasteiger partial charge in [-0.2, -0.15) is 0 Å². The molecule has 0 aromatic carbocycles. The molecular weight excluding hydrogens is 494 g/mol. The molecule has 3 heterocycles. The van der Waals surface area contributed by atoms with Gasteiger partial charge in [0.25, 0.3) is 0 Å². The lowest BCUT2D eigenvalue weighted by atomic mass is 9.95. The van der Waals surface area contributed by atoms with Crippen molar-refractivity contribution >= 4 is 69.0 Å². The molecular formula is C20H20ClN3O7S2. The average Bonchev–Trinajstić information content (AvgIpc) is 3.41. The summed E-state index contributed by atoms with van der Waals surface area (Å²) in [6.45, 7) is 1.18. The first-order chi connectivity index (χ1) is 15.3. The van der Waals surface area contributed by atoms with Crippen LogP contribution in [0.15, 0.2) is 34.0 Å². The number of hydrogen-bond donors (Lipinski definition) is 0. The molecule has 13 heteroatoms. The third kappa shape index (κ3) is 7.02. The predicted octanol–water partition coefficient (Wildman–Crippen LogP) is 4.35. The maximum absolute atomic E-state index is 13.1. The van der Waals surface area contributed by atoms with Crippen LogP contribution in [0.25, 0.3) is 12.2 Å². The highest BCUT2D eigenvalue weighted by atomic mass is 35.5. The Labute approximate surface area is 202 Å². The number of likely N-dealkylation sites (tertiary alicyclic amines) is 1. The monoisotopic (exact) mass is 513 g/mol. The van der Waals surface area contributed by atoms with Crippen molar-refractivity contribution < 1.29 is 24.2 Å². The zero-order valence-electron chi connectivity index (χ0n) is 17.4. The molecule has 1 fully saturated rings. The van der Waals surface area contributed by atoms with Crippen molar-refractivity contribution in [2.45, 2.75) is 12.8 Å². The van der Waals surface area contributed by atoms with Gasteiger partial charge in [-0.25, -0.2) is 0 Å². The fraction of sp³-hybridized carbons (Fsp3) is 0.300. The minimum absolute atomic E-state index is 0. The molecule has 0 unspecified atom stereocenters. The van der Waals surface area contributed by atoms with Gasteiger partial charge in [-0.05, 0) is 36.2 Å². The second-order valence-electron chi connectivity index (χ2n) is 7.01. The molecule has 10 nitrogen and oxygen atoms in total. The molecule has 3 rings (SSSR count). The molecule has 0 amide bonds. The number of esters is 1. The van der Waals surface area contributed by atoms with Gasteiger partial charge in [-0.3, -0.25) is 34.7 Å². The quantitative estimate of drug-likeness (QED) is 0.220. The number of carbonyl (C=O) groups is 2. The van der Waals surface area contributed by atoms with Crippen LogP contribution in [0.1, 0.15) is 24.0 Å². The van der Waals surface area contributed by atoms with Gasteiger partial charge in [-0.15, -0.1) is 12.4 Å². The van der Waals surface area contributed by atoms with Crippen molar-refractivity contribution in [2.75, 3.05) is 26.7 Å². The fourth-order valence-corrected chi connectivity index (χ4v) is 4.61. The van der Waals surface area contributed by atoms with E-state index in [4.69, 9.17) is 0 Å². The molecule has 2 aromatic heterocycles. The van der Waals surface area contributed by atoms with E-state index in [1.54, 1.807) is 22.9 Å². The fourth-order valence-electron chi connectivity index (χ4n) is 3.24. The zero-order valence-corrected chi connectivity index (χ0v) is 19.9. The van der Waals surface area contributed by atoms with E-state index in [2.05, 4.69) is 4.74 Å². The van der Waals surface area contributed by atoms with E-state index in [0.29, 0.717) is 48.3 Å². The molecule has 0 atom stereocenters. The first-order valence-corrected chi connectivity index (χ1v) is 11.2. The van der Waals surface area contributed by atoms with Gasteiger partial charge in [-0.1, -0.05) is 22.7 Å². The van der Waals surface area contributed by atoms with Crippen LogP contribution >= 0.6 is 35.1 Å².